The van der Waals surface area contributed by atoms with Crippen LogP contribution in [0.15, 0.2) is 28.9 Å². The molecule has 1 aromatic carbocycles. The molecule has 1 heterocycles. The van der Waals surface area contributed by atoms with Gasteiger partial charge in [0.05, 0.1) is 18.8 Å². The van der Waals surface area contributed by atoms with Gasteiger partial charge in [-0.05, 0) is 38.0 Å². The van der Waals surface area contributed by atoms with Gasteiger partial charge in [-0.25, -0.2) is 4.79 Å². The molecule has 0 atom stereocenters. The van der Waals surface area contributed by atoms with E-state index < -0.39 is 0 Å². The van der Waals surface area contributed by atoms with E-state index in [1.54, 1.807) is 25.1 Å². The number of carbonyl (C=O) groups is 2. The summed E-state index contributed by atoms with van der Waals surface area (Å²) in [5, 5.41) is 2.86. The van der Waals surface area contributed by atoms with Crippen molar-refractivity contribution in [1.29, 1.82) is 0 Å². The van der Waals surface area contributed by atoms with Crippen LogP contribution >= 0.6 is 11.8 Å². The van der Waals surface area contributed by atoms with E-state index in [9.17, 15) is 9.59 Å². The molecule has 0 saturated carbocycles. The summed E-state index contributed by atoms with van der Waals surface area (Å²) in [5.74, 6) is 0.792. The van der Waals surface area contributed by atoms with E-state index in [4.69, 9.17) is 9.47 Å². The number of anilines is 1. The average Bonchev–Trinajstić information content (AvgIpc) is 2.55. The second kappa shape index (κ2) is 8.06. The van der Waals surface area contributed by atoms with Gasteiger partial charge in [0.1, 0.15) is 10.7 Å². The van der Waals surface area contributed by atoms with Gasteiger partial charge in [-0.15, -0.1) is 11.8 Å². The normalized spacial score (nSPS) is 14.2. The van der Waals surface area contributed by atoms with Crippen LogP contribution in [0.25, 0.3) is 0 Å². The maximum Gasteiger partial charge on any atom is 0.338 e. The van der Waals surface area contributed by atoms with Crippen LogP contribution in [0, 0.1) is 6.92 Å². The summed E-state index contributed by atoms with van der Waals surface area (Å²) in [4.78, 5) is 24.9. The second-order valence-corrected chi connectivity index (χ2v) is 6.31. The SMILES string of the molecule is CCCOC(=O)c1ccc(C)c(NC(=O)C2=C(C)OCCS2)c1. The van der Waals surface area contributed by atoms with E-state index in [0.29, 0.717) is 35.1 Å². The number of amides is 1. The molecule has 5 nitrogen and oxygen atoms in total. The van der Waals surface area contributed by atoms with Gasteiger partial charge in [0, 0.05) is 11.4 Å². The van der Waals surface area contributed by atoms with Gasteiger partial charge in [0.15, 0.2) is 0 Å². The van der Waals surface area contributed by atoms with Crippen molar-refractivity contribution in [2.24, 2.45) is 0 Å². The highest BCUT2D eigenvalue weighted by atomic mass is 32.2. The Morgan fingerprint density at radius 2 is 2.13 bits per heavy atom. The van der Waals surface area contributed by atoms with Gasteiger partial charge in [0.2, 0.25) is 0 Å². The lowest BCUT2D eigenvalue weighted by Crippen LogP contribution is -2.19. The summed E-state index contributed by atoms with van der Waals surface area (Å²) in [6.45, 7) is 6.60. The minimum Gasteiger partial charge on any atom is -0.496 e. The van der Waals surface area contributed by atoms with Crippen molar-refractivity contribution in [2.75, 3.05) is 24.3 Å². The van der Waals surface area contributed by atoms with Crippen molar-refractivity contribution in [1.82, 2.24) is 0 Å². The summed E-state index contributed by atoms with van der Waals surface area (Å²) in [6, 6.07) is 5.14. The summed E-state index contributed by atoms with van der Waals surface area (Å²) in [7, 11) is 0. The first-order valence-electron chi connectivity index (χ1n) is 7.58. The third-order valence-corrected chi connectivity index (χ3v) is 4.47. The summed E-state index contributed by atoms with van der Waals surface area (Å²) >= 11 is 1.48. The number of benzene rings is 1. The van der Waals surface area contributed by atoms with E-state index in [0.717, 1.165) is 17.7 Å². The van der Waals surface area contributed by atoms with E-state index in [1.807, 2.05) is 13.8 Å². The molecule has 1 aliphatic heterocycles. The standard InChI is InChI=1S/C17H21NO4S/c1-4-7-22-17(20)13-6-5-11(2)14(10-13)18-16(19)15-12(3)21-8-9-23-15/h5-6,10H,4,7-9H2,1-3H3,(H,18,19). The summed E-state index contributed by atoms with van der Waals surface area (Å²) < 4.78 is 10.5. The van der Waals surface area contributed by atoms with Crippen LogP contribution in [0.2, 0.25) is 0 Å². The van der Waals surface area contributed by atoms with E-state index >= 15 is 0 Å². The van der Waals surface area contributed by atoms with Crippen LogP contribution in [-0.2, 0) is 14.3 Å². The second-order valence-electron chi connectivity index (χ2n) is 5.20. The van der Waals surface area contributed by atoms with Gasteiger partial charge in [0.25, 0.3) is 5.91 Å². The van der Waals surface area contributed by atoms with E-state index in [2.05, 4.69) is 5.32 Å². The fraction of sp³-hybridized carbons (Fsp3) is 0.412. The molecule has 0 aliphatic carbocycles. The van der Waals surface area contributed by atoms with Crippen molar-refractivity contribution in [3.05, 3.63) is 40.0 Å². The maximum absolute atomic E-state index is 12.4. The number of esters is 1. The number of hydrogen-bond acceptors (Lipinski definition) is 5. The van der Waals surface area contributed by atoms with E-state index in [1.165, 1.54) is 11.8 Å². The van der Waals surface area contributed by atoms with Crippen LogP contribution in [0.4, 0.5) is 5.69 Å². The summed E-state index contributed by atoms with van der Waals surface area (Å²) in [5.41, 5.74) is 1.91. The van der Waals surface area contributed by atoms with Crippen molar-refractivity contribution in [3.8, 4) is 0 Å². The number of allylic oxidation sites excluding steroid dienone is 1. The molecule has 1 aromatic rings. The minimum absolute atomic E-state index is 0.214. The molecule has 2 rings (SSSR count). The maximum atomic E-state index is 12.4. The molecule has 1 N–H and O–H groups in total. The Labute approximate surface area is 140 Å². The van der Waals surface area contributed by atoms with Crippen molar-refractivity contribution in [2.45, 2.75) is 27.2 Å². The van der Waals surface area contributed by atoms with Crippen molar-refractivity contribution in [3.63, 3.8) is 0 Å². The molecule has 0 radical (unpaired) electrons. The number of carbonyl (C=O) groups excluding carboxylic acids is 2. The average molecular weight is 335 g/mol. The van der Waals surface area contributed by atoms with Gasteiger partial charge in [-0.2, -0.15) is 0 Å². The molecular formula is C17H21NO4S. The Morgan fingerprint density at radius 3 is 2.83 bits per heavy atom. The van der Waals surface area contributed by atoms with Crippen molar-refractivity contribution >= 4 is 29.3 Å². The molecule has 1 aliphatic rings. The molecule has 0 saturated heterocycles. The zero-order chi connectivity index (χ0) is 16.8. The Bertz CT molecular complexity index is 639. The Kier molecular flexibility index (Phi) is 6.10. The monoisotopic (exact) mass is 335 g/mol. The number of nitrogens with one attached hydrogen (secondary N) is 1. The molecular weight excluding hydrogens is 314 g/mol. The van der Waals surface area contributed by atoms with Crippen LogP contribution in [0.1, 0.15) is 36.2 Å². The molecule has 0 aromatic heterocycles. The number of rotatable bonds is 5. The third kappa shape index (κ3) is 4.51. The zero-order valence-electron chi connectivity index (χ0n) is 13.6. The van der Waals surface area contributed by atoms with Crippen molar-refractivity contribution < 1.29 is 19.1 Å². The fourth-order valence-electron chi connectivity index (χ4n) is 2.07. The Balaban J connectivity index is 2.16. The predicted octanol–water partition coefficient (Wildman–Crippen LogP) is 3.50. The van der Waals surface area contributed by atoms with Gasteiger partial charge in [-0.3, -0.25) is 4.79 Å². The Morgan fingerprint density at radius 1 is 1.35 bits per heavy atom. The van der Waals surface area contributed by atoms with Gasteiger partial charge >= 0.3 is 5.97 Å². The van der Waals surface area contributed by atoms with Crippen LogP contribution in [0.5, 0.6) is 0 Å². The Hall–Kier alpha value is -1.95. The number of ether oxygens (including phenoxy) is 2. The molecule has 0 fully saturated rings. The van der Waals surface area contributed by atoms with Gasteiger partial charge < -0.3 is 14.8 Å². The van der Waals surface area contributed by atoms with Gasteiger partial charge in [-0.1, -0.05) is 13.0 Å². The summed E-state index contributed by atoms with van der Waals surface area (Å²) in [6.07, 6.45) is 0.770. The first-order valence-corrected chi connectivity index (χ1v) is 8.57. The molecule has 0 bridgehead atoms. The predicted molar refractivity (Wildman–Crippen MR) is 91.5 cm³/mol. The smallest absolute Gasteiger partial charge is 0.338 e. The topological polar surface area (TPSA) is 64.6 Å². The first-order chi connectivity index (χ1) is 11.0. The quantitative estimate of drug-likeness (QED) is 0.835. The highest BCUT2D eigenvalue weighted by Crippen LogP contribution is 2.27. The van der Waals surface area contributed by atoms with Crippen LogP contribution in [0.3, 0.4) is 0 Å². The molecule has 1 amide bonds. The van der Waals surface area contributed by atoms with Crippen LogP contribution in [-0.4, -0.2) is 30.8 Å². The highest BCUT2D eigenvalue weighted by Gasteiger charge is 2.20. The fourth-order valence-corrected chi connectivity index (χ4v) is 2.89. The molecule has 23 heavy (non-hydrogen) atoms. The number of hydrogen-bond donors (Lipinski definition) is 1. The molecule has 0 unspecified atom stereocenters. The number of aryl methyl sites for hydroxylation is 1. The third-order valence-electron chi connectivity index (χ3n) is 3.33. The number of thioether (sulfide) groups is 1. The lowest BCUT2D eigenvalue weighted by atomic mass is 10.1. The van der Waals surface area contributed by atoms with E-state index in [-0.39, 0.29) is 11.9 Å². The lowest BCUT2D eigenvalue weighted by Gasteiger charge is -2.18. The lowest BCUT2D eigenvalue weighted by molar-refractivity contribution is -0.112. The first kappa shape index (κ1) is 17.4. The molecule has 0 spiro atoms. The molecule has 124 valence electrons. The molecule has 6 heteroatoms. The van der Waals surface area contributed by atoms with Crippen LogP contribution < -0.4 is 5.32 Å². The highest BCUT2D eigenvalue weighted by molar-refractivity contribution is 8.04. The largest absolute Gasteiger partial charge is 0.496 e. The zero-order valence-corrected chi connectivity index (χ0v) is 14.4. The minimum atomic E-state index is -0.381.